The minimum atomic E-state index is -0.228. The van der Waals surface area contributed by atoms with Crippen LogP contribution in [0.25, 0.3) is 0 Å². The van der Waals surface area contributed by atoms with Gasteiger partial charge in [-0.2, -0.15) is 0 Å². The largest absolute Gasteiger partial charge is 0.493 e. The Morgan fingerprint density at radius 3 is 2.66 bits per heavy atom. The predicted molar refractivity (Wildman–Crippen MR) is 130 cm³/mol. The van der Waals surface area contributed by atoms with Gasteiger partial charge in [0, 0.05) is 25.3 Å². The second-order valence-corrected chi connectivity index (χ2v) is 8.65. The summed E-state index contributed by atoms with van der Waals surface area (Å²) in [5.41, 5.74) is 2.96. The zero-order valence-corrected chi connectivity index (χ0v) is 20.4. The van der Waals surface area contributed by atoms with Crippen molar-refractivity contribution in [2.45, 2.75) is 19.9 Å². The molecule has 2 N–H and O–H groups in total. The lowest BCUT2D eigenvalue weighted by Gasteiger charge is -2.26. The molecule has 1 saturated heterocycles. The standard InChI is InChI=1S/C24H32BrN3O4/c1-18-4-6-20(7-5-18)27-23(29)17-32-24-21(25)14-19(15-22(24)30-2)16-26-8-3-9-28-10-12-31-13-11-28/h4-7,14-15,26H,3,8-13,16-17H2,1-2H3,(H,27,29). The van der Waals surface area contributed by atoms with E-state index in [0.717, 1.165) is 73.6 Å². The summed E-state index contributed by atoms with van der Waals surface area (Å²) >= 11 is 3.56. The lowest BCUT2D eigenvalue weighted by Crippen LogP contribution is -2.37. The first-order valence-corrected chi connectivity index (χ1v) is 11.7. The van der Waals surface area contributed by atoms with Gasteiger partial charge in [0.25, 0.3) is 5.91 Å². The number of methoxy groups -OCH3 is 1. The van der Waals surface area contributed by atoms with E-state index in [1.807, 2.05) is 43.3 Å². The molecule has 0 aromatic heterocycles. The Bertz CT molecular complexity index is 870. The molecule has 1 amide bonds. The SMILES string of the molecule is COc1cc(CNCCCN2CCOCC2)cc(Br)c1OCC(=O)Nc1ccc(C)cc1. The molecule has 1 aliphatic rings. The summed E-state index contributed by atoms with van der Waals surface area (Å²) in [6, 6.07) is 11.6. The minimum absolute atomic E-state index is 0.109. The number of nitrogens with one attached hydrogen (secondary N) is 2. The van der Waals surface area contributed by atoms with Crippen molar-refractivity contribution in [3.63, 3.8) is 0 Å². The fourth-order valence-electron chi connectivity index (χ4n) is 3.47. The van der Waals surface area contributed by atoms with Crippen LogP contribution >= 0.6 is 15.9 Å². The fraction of sp³-hybridized carbons (Fsp3) is 0.458. The van der Waals surface area contributed by atoms with Gasteiger partial charge in [0.15, 0.2) is 18.1 Å². The van der Waals surface area contributed by atoms with E-state index >= 15 is 0 Å². The molecule has 0 spiro atoms. The Kier molecular flexibility index (Phi) is 9.80. The number of rotatable bonds is 11. The maximum absolute atomic E-state index is 12.3. The zero-order valence-electron chi connectivity index (χ0n) is 18.8. The van der Waals surface area contributed by atoms with Crippen LogP contribution < -0.4 is 20.1 Å². The van der Waals surface area contributed by atoms with E-state index in [1.54, 1.807) is 7.11 Å². The number of anilines is 1. The predicted octanol–water partition coefficient (Wildman–Crippen LogP) is 3.60. The third-order valence-corrected chi connectivity index (χ3v) is 5.82. The number of carbonyl (C=O) groups is 1. The first-order chi connectivity index (χ1) is 15.5. The number of halogens is 1. The molecule has 0 aliphatic carbocycles. The number of benzene rings is 2. The molecule has 0 radical (unpaired) electrons. The van der Waals surface area contributed by atoms with E-state index in [-0.39, 0.29) is 12.5 Å². The number of nitrogens with zero attached hydrogens (tertiary/aromatic N) is 1. The number of ether oxygens (including phenoxy) is 3. The van der Waals surface area contributed by atoms with Crippen molar-refractivity contribution in [2.24, 2.45) is 0 Å². The maximum Gasteiger partial charge on any atom is 0.262 e. The molecule has 174 valence electrons. The Morgan fingerprint density at radius 2 is 1.94 bits per heavy atom. The second-order valence-electron chi connectivity index (χ2n) is 7.80. The summed E-state index contributed by atoms with van der Waals surface area (Å²) in [6.07, 6.45) is 1.09. The molecule has 32 heavy (non-hydrogen) atoms. The van der Waals surface area contributed by atoms with Crippen molar-refractivity contribution in [1.29, 1.82) is 0 Å². The summed E-state index contributed by atoms with van der Waals surface area (Å²) in [5, 5.41) is 6.31. The van der Waals surface area contributed by atoms with Crippen molar-refractivity contribution in [3.8, 4) is 11.5 Å². The normalized spacial score (nSPS) is 14.2. The number of aryl methyl sites for hydroxylation is 1. The van der Waals surface area contributed by atoms with Gasteiger partial charge in [-0.05, 0) is 72.2 Å². The van der Waals surface area contributed by atoms with Gasteiger partial charge >= 0.3 is 0 Å². The Balaban J connectivity index is 1.46. The summed E-state index contributed by atoms with van der Waals surface area (Å²) < 4.78 is 17.4. The maximum atomic E-state index is 12.3. The summed E-state index contributed by atoms with van der Waals surface area (Å²) in [6.45, 7) is 8.36. The van der Waals surface area contributed by atoms with E-state index in [9.17, 15) is 4.79 Å². The number of hydrogen-bond donors (Lipinski definition) is 2. The first kappa shape index (κ1) is 24.5. The molecule has 0 bridgehead atoms. The van der Waals surface area contributed by atoms with Crippen LogP contribution in [0, 0.1) is 6.92 Å². The molecule has 3 rings (SSSR count). The number of hydrogen-bond acceptors (Lipinski definition) is 6. The topological polar surface area (TPSA) is 72.1 Å². The van der Waals surface area contributed by atoms with E-state index < -0.39 is 0 Å². The Labute approximate surface area is 198 Å². The van der Waals surface area contributed by atoms with E-state index in [0.29, 0.717) is 11.5 Å². The molecular weight excluding hydrogens is 474 g/mol. The van der Waals surface area contributed by atoms with Crippen LogP contribution in [0.15, 0.2) is 40.9 Å². The second kappa shape index (κ2) is 12.8. The highest BCUT2D eigenvalue weighted by Gasteiger charge is 2.14. The lowest BCUT2D eigenvalue weighted by molar-refractivity contribution is -0.118. The summed E-state index contributed by atoms with van der Waals surface area (Å²) in [5.74, 6) is 0.879. The first-order valence-electron chi connectivity index (χ1n) is 10.9. The molecule has 8 heteroatoms. The molecule has 7 nitrogen and oxygen atoms in total. The highest BCUT2D eigenvalue weighted by Crippen LogP contribution is 2.36. The van der Waals surface area contributed by atoms with Gasteiger partial charge in [-0.15, -0.1) is 0 Å². The molecule has 1 aliphatic heterocycles. The van der Waals surface area contributed by atoms with Gasteiger partial charge < -0.3 is 24.8 Å². The third kappa shape index (κ3) is 7.78. The highest BCUT2D eigenvalue weighted by atomic mass is 79.9. The van der Waals surface area contributed by atoms with Crippen molar-refractivity contribution in [2.75, 3.05) is 58.4 Å². The molecular formula is C24H32BrN3O4. The van der Waals surface area contributed by atoms with Gasteiger partial charge in [-0.1, -0.05) is 17.7 Å². The van der Waals surface area contributed by atoms with Crippen molar-refractivity contribution >= 4 is 27.5 Å². The summed E-state index contributed by atoms with van der Waals surface area (Å²) in [4.78, 5) is 14.7. The van der Waals surface area contributed by atoms with Gasteiger partial charge in [-0.25, -0.2) is 0 Å². The van der Waals surface area contributed by atoms with E-state index in [1.165, 1.54) is 0 Å². The number of morpholine rings is 1. The smallest absolute Gasteiger partial charge is 0.262 e. The monoisotopic (exact) mass is 505 g/mol. The van der Waals surface area contributed by atoms with Gasteiger partial charge in [0.2, 0.25) is 0 Å². The lowest BCUT2D eigenvalue weighted by atomic mass is 10.2. The highest BCUT2D eigenvalue weighted by molar-refractivity contribution is 9.10. The average molecular weight is 506 g/mol. The van der Waals surface area contributed by atoms with E-state index in [2.05, 4.69) is 31.5 Å². The third-order valence-electron chi connectivity index (χ3n) is 5.23. The summed E-state index contributed by atoms with van der Waals surface area (Å²) in [7, 11) is 1.60. The van der Waals surface area contributed by atoms with Crippen LogP contribution in [0.1, 0.15) is 17.5 Å². The average Bonchev–Trinajstić information content (AvgIpc) is 2.80. The van der Waals surface area contributed by atoms with Gasteiger partial charge in [0.05, 0.1) is 24.8 Å². The molecule has 0 unspecified atom stereocenters. The van der Waals surface area contributed by atoms with Crippen LogP contribution in [0.2, 0.25) is 0 Å². The van der Waals surface area contributed by atoms with Crippen molar-refractivity contribution in [1.82, 2.24) is 10.2 Å². The van der Waals surface area contributed by atoms with Crippen molar-refractivity contribution < 1.29 is 19.0 Å². The fourth-order valence-corrected chi connectivity index (χ4v) is 4.08. The van der Waals surface area contributed by atoms with Crippen molar-refractivity contribution in [3.05, 3.63) is 52.0 Å². The van der Waals surface area contributed by atoms with Crippen LogP contribution in [0.5, 0.6) is 11.5 Å². The van der Waals surface area contributed by atoms with Gasteiger partial charge in [-0.3, -0.25) is 9.69 Å². The van der Waals surface area contributed by atoms with Crippen LogP contribution in [0.4, 0.5) is 5.69 Å². The van der Waals surface area contributed by atoms with Gasteiger partial charge in [0.1, 0.15) is 0 Å². The quantitative estimate of drug-likeness (QED) is 0.454. The number of amides is 1. The molecule has 1 heterocycles. The molecule has 1 fully saturated rings. The zero-order chi connectivity index (χ0) is 22.8. The van der Waals surface area contributed by atoms with Crippen LogP contribution in [0.3, 0.4) is 0 Å². The molecule has 2 aromatic carbocycles. The minimum Gasteiger partial charge on any atom is -0.493 e. The Morgan fingerprint density at radius 1 is 1.19 bits per heavy atom. The molecule has 0 saturated carbocycles. The van der Waals surface area contributed by atoms with E-state index in [4.69, 9.17) is 14.2 Å². The molecule has 2 aromatic rings. The van der Waals surface area contributed by atoms with Crippen LogP contribution in [-0.2, 0) is 16.1 Å². The Hall–Kier alpha value is -2.13. The molecule has 0 atom stereocenters. The number of carbonyl (C=O) groups excluding carboxylic acids is 1. The van der Waals surface area contributed by atoms with Crippen LogP contribution in [-0.4, -0.2) is 63.9 Å².